The van der Waals surface area contributed by atoms with Crippen molar-refractivity contribution < 1.29 is 37.3 Å². The fraction of sp³-hybridized carbons (Fsp3) is 0.966. The second-order valence-electron chi connectivity index (χ2n) is 11.5. The van der Waals surface area contributed by atoms with Crippen molar-refractivity contribution in [3.8, 4) is 0 Å². The van der Waals surface area contributed by atoms with Gasteiger partial charge < -0.3 is 18.9 Å². The van der Waals surface area contributed by atoms with Gasteiger partial charge in [0.2, 0.25) is 0 Å². The first-order valence-electron chi connectivity index (χ1n) is 15.3. The molecule has 0 saturated carbocycles. The summed E-state index contributed by atoms with van der Waals surface area (Å²) in [6, 6.07) is 0. The Balaban J connectivity index is 4.29. The Labute approximate surface area is 234 Å². The van der Waals surface area contributed by atoms with Gasteiger partial charge in [0.15, 0.2) is 0 Å². The molecule has 0 aromatic heterocycles. The van der Waals surface area contributed by atoms with E-state index in [9.17, 15) is 14.3 Å². The van der Waals surface area contributed by atoms with Crippen LogP contribution in [0.15, 0.2) is 0 Å². The highest BCUT2D eigenvalue weighted by Crippen LogP contribution is 2.43. The molecule has 0 aliphatic heterocycles. The zero-order chi connectivity index (χ0) is 28.5. The summed E-state index contributed by atoms with van der Waals surface area (Å²) in [7, 11) is 1.67. The molecule has 228 valence electrons. The highest BCUT2D eigenvalue weighted by molar-refractivity contribution is 7.47. The van der Waals surface area contributed by atoms with Crippen LogP contribution < -0.4 is 0 Å². The predicted molar refractivity (Wildman–Crippen MR) is 155 cm³/mol. The molecule has 1 N–H and O–H groups in total. The second kappa shape index (κ2) is 24.3. The van der Waals surface area contributed by atoms with Crippen molar-refractivity contribution in [2.75, 3.05) is 54.1 Å². The van der Waals surface area contributed by atoms with Crippen LogP contribution in [0.2, 0.25) is 0 Å². The van der Waals surface area contributed by atoms with Gasteiger partial charge in [-0.25, -0.2) is 4.57 Å². The number of phosphoric acid groups is 1. The number of carbonyl (C=O) groups excluding carboxylic acids is 1. The van der Waals surface area contributed by atoms with E-state index in [0.29, 0.717) is 24.1 Å². The van der Waals surface area contributed by atoms with Crippen molar-refractivity contribution in [3.63, 3.8) is 0 Å². The summed E-state index contributed by atoms with van der Waals surface area (Å²) in [5.74, 6) is -0.327. The molecule has 0 heterocycles. The lowest BCUT2D eigenvalue weighted by Gasteiger charge is -2.24. The average Bonchev–Trinajstić information content (AvgIpc) is 2.84. The van der Waals surface area contributed by atoms with Gasteiger partial charge in [0.25, 0.3) is 0 Å². The fourth-order valence-electron chi connectivity index (χ4n) is 3.96. The average molecular weight is 567 g/mol. The molecule has 0 aromatic rings. The number of nitrogens with zero attached hydrogens (tertiary/aromatic N) is 1. The Morgan fingerprint density at radius 1 is 0.711 bits per heavy atom. The van der Waals surface area contributed by atoms with Crippen LogP contribution in [0.3, 0.4) is 0 Å². The minimum atomic E-state index is -4.24. The highest BCUT2D eigenvalue weighted by Gasteiger charge is 2.26. The molecule has 0 aromatic carbocycles. The van der Waals surface area contributed by atoms with E-state index in [1.165, 1.54) is 57.8 Å². The molecule has 0 bridgehead atoms. The predicted octanol–water partition coefficient (Wildman–Crippen LogP) is 7.43. The van der Waals surface area contributed by atoms with E-state index < -0.39 is 13.9 Å². The minimum absolute atomic E-state index is 0.0921. The van der Waals surface area contributed by atoms with Crippen LogP contribution >= 0.6 is 7.82 Å². The molecule has 0 spiro atoms. The molecule has 0 aliphatic rings. The standard InChI is InChI=1S/C29H60NO7P/c1-6-8-10-12-13-14-15-16-17-19-21-24-34-26-28(37-29(31)22-20-18-11-9-7-2)27-36-38(32,33)35-25-23-30(3,4)5/h28H,6-27H2,1-5H3/p+1. The lowest BCUT2D eigenvalue weighted by Crippen LogP contribution is -2.37. The smallest absolute Gasteiger partial charge is 0.457 e. The Morgan fingerprint density at radius 3 is 1.74 bits per heavy atom. The summed E-state index contributed by atoms with van der Waals surface area (Å²) < 4.78 is 34.4. The SMILES string of the molecule is CCCCCCCCCCCCCOCC(COP(=O)(O)OCC[N+](C)(C)C)OC(=O)CCCCCCC. The molecule has 9 heteroatoms. The quantitative estimate of drug-likeness (QED) is 0.0456. The first-order chi connectivity index (χ1) is 18.1. The van der Waals surface area contributed by atoms with Gasteiger partial charge in [-0.05, 0) is 12.8 Å². The molecule has 38 heavy (non-hydrogen) atoms. The van der Waals surface area contributed by atoms with Gasteiger partial charge in [0.05, 0.1) is 34.4 Å². The van der Waals surface area contributed by atoms with Gasteiger partial charge in [0.1, 0.15) is 19.3 Å². The number of ether oxygens (including phenoxy) is 2. The number of hydrogen-bond donors (Lipinski definition) is 1. The summed E-state index contributed by atoms with van der Waals surface area (Å²) in [5.41, 5.74) is 0. The van der Waals surface area contributed by atoms with Gasteiger partial charge >= 0.3 is 13.8 Å². The van der Waals surface area contributed by atoms with Crippen LogP contribution in [0.1, 0.15) is 123 Å². The molecular formula is C29H61NO7P+. The first-order valence-corrected chi connectivity index (χ1v) is 16.8. The second-order valence-corrected chi connectivity index (χ2v) is 13.0. The third kappa shape index (κ3) is 27.1. The zero-order valence-electron chi connectivity index (χ0n) is 25.4. The van der Waals surface area contributed by atoms with Crippen molar-refractivity contribution in [1.82, 2.24) is 0 Å². The lowest BCUT2D eigenvalue weighted by atomic mass is 10.1. The zero-order valence-corrected chi connectivity index (χ0v) is 26.3. The maximum absolute atomic E-state index is 12.3. The van der Waals surface area contributed by atoms with Gasteiger partial charge in [-0.1, -0.05) is 104 Å². The third-order valence-electron chi connectivity index (χ3n) is 6.42. The monoisotopic (exact) mass is 566 g/mol. The Morgan fingerprint density at radius 2 is 1.21 bits per heavy atom. The summed E-state index contributed by atoms with van der Waals surface area (Å²) in [4.78, 5) is 22.4. The Kier molecular flexibility index (Phi) is 24.0. The van der Waals surface area contributed by atoms with Gasteiger partial charge in [0, 0.05) is 13.0 Å². The highest BCUT2D eigenvalue weighted by atomic mass is 31.2. The van der Waals surface area contributed by atoms with E-state index in [0.717, 1.165) is 44.9 Å². The van der Waals surface area contributed by atoms with E-state index in [4.69, 9.17) is 18.5 Å². The normalized spacial score (nSPS) is 14.4. The van der Waals surface area contributed by atoms with Crippen molar-refractivity contribution in [2.45, 2.75) is 129 Å². The van der Waals surface area contributed by atoms with E-state index in [2.05, 4.69) is 13.8 Å². The van der Waals surface area contributed by atoms with Crippen molar-refractivity contribution >= 4 is 13.8 Å². The number of esters is 1. The van der Waals surface area contributed by atoms with Gasteiger partial charge in [-0.2, -0.15) is 0 Å². The molecule has 0 fully saturated rings. The van der Waals surface area contributed by atoms with Crippen molar-refractivity contribution in [3.05, 3.63) is 0 Å². The number of carbonyl (C=O) groups is 1. The summed E-state index contributed by atoms with van der Waals surface area (Å²) in [5, 5.41) is 0. The van der Waals surface area contributed by atoms with E-state index in [1.54, 1.807) is 0 Å². The van der Waals surface area contributed by atoms with Gasteiger partial charge in [-0.3, -0.25) is 13.8 Å². The number of rotatable bonds is 28. The summed E-state index contributed by atoms with van der Waals surface area (Å²) in [6.07, 6.45) is 18.7. The van der Waals surface area contributed by atoms with Crippen LogP contribution in [0, 0.1) is 0 Å². The van der Waals surface area contributed by atoms with E-state index in [-0.39, 0.29) is 25.8 Å². The molecular weight excluding hydrogens is 505 g/mol. The molecule has 0 amide bonds. The van der Waals surface area contributed by atoms with Crippen LogP contribution in [-0.2, 0) is 27.9 Å². The number of phosphoric ester groups is 1. The molecule has 2 unspecified atom stereocenters. The van der Waals surface area contributed by atoms with Crippen molar-refractivity contribution in [2.24, 2.45) is 0 Å². The number of hydrogen-bond acceptors (Lipinski definition) is 6. The number of quaternary nitrogens is 1. The summed E-state index contributed by atoms with van der Waals surface area (Å²) >= 11 is 0. The van der Waals surface area contributed by atoms with Crippen LogP contribution in [-0.4, -0.2) is 75.6 Å². The largest absolute Gasteiger partial charge is 0.472 e. The third-order valence-corrected chi connectivity index (χ3v) is 7.40. The van der Waals surface area contributed by atoms with Crippen LogP contribution in [0.25, 0.3) is 0 Å². The Bertz CT molecular complexity index is 598. The first kappa shape index (κ1) is 37.5. The lowest BCUT2D eigenvalue weighted by molar-refractivity contribution is -0.870. The maximum atomic E-state index is 12.3. The molecule has 0 radical (unpaired) electrons. The van der Waals surface area contributed by atoms with Gasteiger partial charge in [-0.15, -0.1) is 0 Å². The summed E-state index contributed by atoms with van der Waals surface area (Å²) in [6.45, 7) is 5.52. The molecule has 2 atom stereocenters. The Hall–Kier alpha value is -0.500. The number of likely N-dealkylation sites (N-methyl/N-ethyl adjacent to an activating group) is 1. The molecule has 0 saturated heterocycles. The number of unbranched alkanes of at least 4 members (excludes halogenated alkanes) is 14. The molecule has 0 rings (SSSR count). The van der Waals surface area contributed by atoms with Crippen LogP contribution in [0.5, 0.6) is 0 Å². The van der Waals surface area contributed by atoms with E-state index >= 15 is 0 Å². The maximum Gasteiger partial charge on any atom is 0.472 e. The minimum Gasteiger partial charge on any atom is -0.457 e. The fourth-order valence-corrected chi connectivity index (χ4v) is 4.70. The van der Waals surface area contributed by atoms with Crippen LogP contribution in [0.4, 0.5) is 0 Å². The molecule has 0 aliphatic carbocycles. The topological polar surface area (TPSA) is 91.3 Å². The molecule has 8 nitrogen and oxygen atoms in total. The van der Waals surface area contributed by atoms with E-state index in [1.807, 2.05) is 21.1 Å². The van der Waals surface area contributed by atoms with Crippen molar-refractivity contribution in [1.29, 1.82) is 0 Å².